The first-order chi connectivity index (χ1) is 13.5. The molecule has 0 aliphatic rings. The van der Waals surface area contributed by atoms with Crippen LogP contribution in [0.2, 0.25) is 0 Å². The number of rotatable bonds is 6. The van der Waals surface area contributed by atoms with Crippen LogP contribution in [0.1, 0.15) is 16.1 Å². The molecule has 0 saturated carbocycles. The van der Waals surface area contributed by atoms with Crippen LogP contribution in [0.25, 0.3) is 10.8 Å². The number of hydrogen-bond donors (Lipinski definition) is 2. The molecule has 0 bridgehead atoms. The second-order valence-corrected chi connectivity index (χ2v) is 5.71. The standard InChI is InChI=1S/C18H16N4O6/c1-27-15-7-12(14(22(25)26)8-16(15)28-2)17(23)19-9-13-10-5-3-4-6-11(10)18(24)21-20-13/h3-8H,9H2,1-2H3,(H,19,23)(H,21,24). The van der Waals surface area contributed by atoms with E-state index >= 15 is 0 Å². The number of fused-ring (bicyclic) bond motifs is 1. The number of methoxy groups -OCH3 is 2. The quantitative estimate of drug-likeness (QED) is 0.488. The lowest BCUT2D eigenvalue weighted by Gasteiger charge is -2.11. The zero-order chi connectivity index (χ0) is 20.3. The topological polar surface area (TPSA) is 136 Å². The van der Waals surface area contributed by atoms with E-state index in [-0.39, 0.29) is 29.2 Å². The number of nitro benzene ring substituents is 1. The number of benzene rings is 2. The summed E-state index contributed by atoms with van der Waals surface area (Å²) < 4.78 is 10.2. The minimum atomic E-state index is -0.690. The molecule has 1 heterocycles. The average molecular weight is 384 g/mol. The van der Waals surface area contributed by atoms with Gasteiger partial charge in [-0.1, -0.05) is 18.2 Å². The average Bonchev–Trinajstić information content (AvgIpc) is 2.72. The van der Waals surface area contributed by atoms with Crippen molar-refractivity contribution in [1.29, 1.82) is 0 Å². The Hall–Kier alpha value is -3.95. The van der Waals surface area contributed by atoms with Crippen molar-refractivity contribution in [3.63, 3.8) is 0 Å². The third kappa shape index (κ3) is 3.47. The Labute approximate surface area is 158 Å². The number of amides is 1. The summed E-state index contributed by atoms with van der Waals surface area (Å²) in [7, 11) is 2.70. The van der Waals surface area contributed by atoms with E-state index in [9.17, 15) is 19.7 Å². The fourth-order valence-corrected chi connectivity index (χ4v) is 2.77. The van der Waals surface area contributed by atoms with Gasteiger partial charge in [0.05, 0.1) is 42.8 Å². The molecule has 0 aliphatic heterocycles. The van der Waals surface area contributed by atoms with Gasteiger partial charge < -0.3 is 14.8 Å². The maximum absolute atomic E-state index is 12.6. The van der Waals surface area contributed by atoms with E-state index in [2.05, 4.69) is 15.5 Å². The van der Waals surface area contributed by atoms with E-state index in [1.807, 2.05) is 0 Å². The number of aromatic amines is 1. The van der Waals surface area contributed by atoms with Crippen molar-refractivity contribution in [2.75, 3.05) is 14.2 Å². The van der Waals surface area contributed by atoms with Crippen LogP contribution in [-0.4, -0.2) is 35.2 Å². The maximum atomic E-state index is 12.6. The molecular formula is C18H16N4O6. The van der Waals surface area contributed by atoms with Crippen molar-refractivity contribution in [2.45, 2.75) is 6.54 Å². The summed E-state index contributed by atoms with van der Waals surface area (Å²) >= 11 is 0. The number of carbonyl (C=O) groups is 1. The number of nitrogens with zero attached hydrogens (tertiary/aromatic N) is 2. The summed E-state index contributed by atoms with van der Waals surface area (Å²) in [5.74, 6) is -0.366. The zero-order valence-electron chi connectivity index (χ0n) is 15.0. The van der Waals surface area contributed by atoms with Crippen molar-refractivity contribution in [3.8, 4) is 11.5 Å². The highest BCUT2D eigenvalue weighted by molar-refractivity contribution is 5.99. The molecule has 0 saturated heterocycles. The van der Waals surface area contributed by atoms with Gasteiger partial charge in [0, 0.05) is 11.5 Å². The van der Waals surface area contributed by atoms with Crippen LogP contribution in [0.3, 0.4) is 0 Å². The van der Waals surface area contributed by atoms with Crippen molar-refractivity contribution in [3.05, 3.63) is 68.1 Å². The van der Waals surface area contributed by atoms with Crippen molar-refractivity contribution in [1.82, 2.24) is 15.5 Å². The molecule has 28 heavy (non-hydrogen) atoms. The molecule has 0 unspecified atom stereocenters. The number of nitrogens with one attached hydrogen (secondary N) is 2. The Morgan fingerprint density at radius 2 is 1.82 bits per heavy atom. The minimum absolute atomic E-state index is 0.0401. The van der Waals surface area contributed by atoms with Crippen molar-refractivity contribution < 1.29 is 19.2 Å². The molecule has 144 valence electrons. The van der Waals surface area contributed by atoms with Crippen LogP contribution in [0.15, 0.2) is 41.2 Å². The fraction of sp³-hybridized carbons (Fsp3) is 0.167. The number of nitro groups is 1. The van der Waals surface area contributed by atoms with Crippen LogP contribution in [0.4, 0.5) is 5.69 Å². The van der Waals surface area contributed by atoms with Crippen molar-refractivity contribution in [2.24, 2.45) is 0 Å². The van der Waals surface area contributed by atoms with Gasteiger partial charge in [-0.3, -0.25) is 19.7 Å². The third-order valence-corrected chi connectivity index (χ3v) is 4.13. The van der Waals surface area contributed by atoms with Gasteiger partial charge in [0.25, 0.3) is 17.2 Å². The first-order valence-corrected chi connectivity index (χ1v) is 8.11. The molecule has 2 aromatic carbocycles. The lowest BCUT2D eigenvalue weighted by Crippen LogP contribution is -2.25. The lowest BCUT2D eigenvalue weighted by molar-refractivity contribution is -0.385. The molecule has 0 spiro atoms. The second-order valence-electron chi connectivity index (χ2n) is 5.71. The van der Waals surface area contributed by atoms with Crippen LogP contribution in [0, 0.1) is 10.1 Å². The summed E-state index contributed by atoms with van der Waals surface area (Å²) in [5.41, 5.74) is -0.529. The molecule has 0 aliphatic carbocycles. The third-order valence-electron chi connectivity index (χ3n) is 4.13. The molecule has 1 amide bonds. The van der Waals surface area contributed by atoms with E-state index in [4.69, 9.17) is 9.47 Å². The maximum Gasteiger partial charge on any atom is 0.286 e. The summed E-state index contributed by atoms with van der Waals surface area (Å²) in [6.45, 7) is -0.0401. The van der Waals surface area contributed by atoms with Crippen LogP contribution in [0.5, 0.6) is 11.5 Å². The number of H-pyrrole nitrogens is 1. The van der Waals surface area contributed by atoms with E-state index in [1.54, 1.807) is 24.3 Å². The van der Waals surface area contributed by atoms with E-state index in [0.717, 1.165) is 6.07 Å². The Morgan fingerprint density at radius 3 is 2.46 bits per heavy atom. The summed E-state index contributed by atoms with van der Waals surface area (Å²) in [5, 5.41) is 21.3. The smallest absolute Gasteiger partial charge is 0.286 e. The molecule has 0 radical (unpaired) electrons. The predicted octanol–water partition coefficient (Wildman–Crippen LogP) is 1.78. The zero-order valence-corrected chi connectivity index (χ0v) is 15.0. The van der Waals surface area contributed by atoms with Gasteiger partial charge in [-0.25, -0.2) is 5.10 Å². The minimum Gasteiger partial charge on any atom is -0.493 e. The first kappa shape index (κ1) is 18.8. The number of ether oxygens (including phenoxy) is 2. The Kier molecular flexibility index (Phi) is 5.21. The van der Waals surface area contributed by atoms with Gasteiger partial charge >= 0.3 is 0 Å². The summed E-state index contributed by atoms with van der Waals surface area (Å²) in [6.07, 6.45) is 0. The number of carbonyl (C=O) groups excluding carboxylic acids is 1. The molecular weight excluding hydrogens is 368 g/mol. The predicted molar refractivity (Wildman–Crippen MR) is 99.7 cm³/mol. The SMILES string of the molecule is COc1cc(C(=O)NCc2n[nH]c(=O)c3ccccc23)c([N+](=O)[O-])cc1OC. The molecule has 2 N–H and O–H groups in total. The van der Waals surface area contributed by atoms with E-state index in [0.29, 0.717) is 16.5 Å². The number of aromatic nitrogens is 2. The molecule has 10 nitrogen and oxygen atoms in total. The van der Waals surface area contributed by atoms with Gasteiger partial charge in [-0.2, -0.15) is 5.10 Å². The second kappa shape index (κ2) is 7.74. The fourth-order valence-electron chi connectivity index (χ4n) is 2.77. The Balaban J connectivity index is 1.93. The molecule has 1 aromatic heterocycles. The first-order valence-electron chi connectivity index (χ1n) is 8.11. The highest BCUT2D eigenvalue weighted by Gasteiger charge is 2.24. The highest BCUT2D eigenvalue weighted by Crippen LogP contribution is 2.34. The molecule has 3 rings (SSSR count). The highest BCUT2D eigenvalue weighted by atomic mass is 16.6. The molecule has 10 heteroatoms. The van der Waals surface area contributed by atoms with E-state index < -0.39 is 16.5 Å². The van der Waals surface area contributed by atoms with Gasteiger partial charge in [0.1, 0.15) is 5.56 Å². The van der Waals surface area contributed by atoms with Crippen LogP contribution >= 0.6 is 0 Å². The monoisotopic (exact) mass is 384 g/mol. The van der Waals surface area contributed by atoms with Crippen LogP contribution < -0.4 is 20.3 Å². The van der Waals surface area contributed by atoms with E-state index in [1.165, 1.54) is 20.3 Å². The molecule has 0 fully saturated rings. The summed E-state index contributed by atoms with van der Waals surface area (Å²) in [4.78, 5) is 35.1. The Bertz CT molecular complexity index is 1120. The largest absolute Gasteiger partial charge is 0.493 e. The lowest BCUT2D eigenvalue weighted by atomic mass is 10.1. The van der Waals surface area contributed by atoms with Gasteiger partial charge in [0.2, 0.25) is 0 Å². The van der Waals surface area contributed by atoms with Gasteiger partial charge in [0.15, 0.2) is 11.5 Å². The normalized spacial score (nSPS) is 10.5. The Morgan fingerprint density at radius 1 is 1.18 bits per heavy atom. The molecule has 3 aromatic rings. The number of hydrogen-bond acceptors (Lipinski definition) is 7. The van der Waals surface area contributed by atoms with Gasteiger partial charge in [-0.15, -0.1) is 0 Å². The molecule has 0 atom stereocenters. The van der Waals surface area contributed by atoms with Crippen molar-refractivity contribution >= 4 is 22.4 Å². The summed E-state index contributed by atoms with van der Waals surface area (Å²) in [6, 6.07) is 9.17. The van der Waals surface area contributed by atoms with Crippen LogP contribution in [-0.2, 0) is 6.54 Å². The van der Waals surface area contributed by atoms with Gasteiger partial charge in [-0.05, 0) is 6.07 Å².